The molecule has 4 aromatic heterocycles. The van der Waals surface area contributed by atoms with Crippen LogP contribution in [0.25, 0.3) is 120 Å². The van der Waals surface area contributed by atoms with Crippen LogP contribution in [-0.4, -0.2) is 24.1 Å². The highest BCUT2D eigenvalue weighted by Gasteiger charge is 2.22. The van der Waals surface area contributed by atoms with Crippen molar-refractivity contribution in [3.05, 3.63) is 200 Å². The van der Waals surface area contributed by atoms with Crippen LogP contribution < -0.4 is 0 Å². The second-order valence-corrected chi connectivity index (χ2v) is 16.6. The summed E-state index contributed by atoms with van der Waals surface area (Å²) >= 11 is 1.88. The van der Waals surface area contributed by atoms with Crippen LogP contribution in [-0.2, 0) is 0 Å². The molecule has 284 valence electrons. The molecule has 0 aliphatic rings. The molecule has 0 saturated carbocycles. The van der Waals surface area contributed by atoms with Crippen LogP contribution >= 0.6 is 11.3 Å². The van der Waals surface area contributed by atoms with Gasteiger partial charge in [0.15, 0.2) is 17.5 Å². The fourth-order valence-electron chi connectivity index (χ4n) is 9.46. The number of benzene rings is 9. The highest BCUT2D eigenvalue weighted by Crippen LogP contribution is 2.45. The normalized spacial score (nSPS) is 11.9. The van der Waals surface area contributed by atoms with Crippen LogP contribution in [0.1, 0.15) is 0 Å². The van der Waals surface area contributed by atoms with Gasteiger partial charge in [0.05, 0.1) is 32.5 Å². The van der Waals surface area contributed by atoms with Crippen LogP contribution in [0.3, 0.4) is 0 Å². The maximum Gasteiger partial charge on any atom is 0.164 e. The molecular weight excluding hydrogens is 763 g/mol. The molecule has 0 radical (unpaired) electrons. The summed E-state index contributed by atoms with van der Waals surface area (Å²) in [4.78, 5) is 15.2. The number of hydrogen-bond donors (Lipinski definition) is 0. The molecule has 5 nitrogen and oxygen atoms in total. The fraction of sp³-hybridized carbons (Fsp3) is 0. The molecule has 0 amide bonds. The van der Waals surface area contributed by atoms with Gasteiger partial charge in [0, 0.05) is 64.8 Å². The summed E-state index contributed by atoms with van der Waals surface area (Å²) < 4.78 is 7.43. The molecule has 0 atom stereocenters. The Bertz CT molecular complexity index is 3770. The van der Waals surface area contributed by atoms with Crippen molar-refractivity contribution in [3.63, 3.8) is 0 Å². The van der Waals surface area contributed by atoms with Gasteiger partial charge in [0.1, 0.15) is 0 Å². The number of hydrogen-bond acceptors (Lipinski definition) is 4. The smallest absolute Gasteiger partial charge is 0.164 e. The van der Waals surface area contributed by atoms with Crippen LogP contribution in [0, 0.1) is 0 Å². The van der Waals surface area contributed by atoms with Crippen molar-refractivity contribution in [2.24, 2.45) is 0 Å². The van der Waals surface area contributed by atoms with E-state index in [1.807, 2.05) is 47.7 Å². The summed E-state index contributed by atoms with van der Waals surface area (Å²) in [6, 6.07) is 71.3. The SMILES string of the molecule is c1ccc(-c2nc(-c3ccccc3)nc(-c3ccc(-n4c5ccccc5c5ccc6c7ccc(-n8c9ccccc9c9ccccc98)cc7sc6c54)c4ccccc34)n2)cc1. The molecule has 0 saturated heterocycles. The van der Waals surface area contributed by atoms with E-state index >= 15 is 0 Å². The summed E-state index contributed by atoms with van der Waals surface area (Å²) in [5, 5.41) is 9.73. The molecule has 0 aliphatic carbocycles. The molecule has 4 heterocycles. The van der Waals surface area contributed by atoms with E-state index in [1.54, 1.807) is 0 Å². The lowest BCUT2D eigenvalue weighted by atomic mass is 10.0. The summed E-state index contributed by atoms with van der Waals surface area (Å²) in [6.45, 7) is 0. The highest BCUT2D eigenvalue weighted by molar-refractivity contribution is 7.26. The lowest BCUT2D eigenvalue weighted by Crippen LogP contribution is -2.01. The van der Waals surface area contributed by atoms with Crippen molar-refractivity contribution >= 4 is 85.9 Å². The van der Waals surface area contributed by atoms with Crippen LogP contribution in [0.2, 0.25) is 0 Å². The third-order valence-electron chi connectivity index (χ3n) is 12.2. The van der Waals surface area contributed by atoms with E-state index in [0.717, 1.165) is 33.2 Å². The van der Waals surface area contributed by atoms with Crippen molar-refractivity contribution in [1.82, 2.24) is 24.1 Å². The molecule has 61 heavy (non-hydrogen) atoms. The molecule has 0 N–H and O–H groups in total. The monoisotopic (exact) mass is 795 g/mol. The van der Waals surface area contributed by atoms with Crippen LogP contribution in [0.5, 0.6) is 0 Å². The fourth-order valence-corrected chi connectivity index (χ4v) is 10.7. The zero-order valence-corrected chi connectivity index (χ0v) is 33.5. The standard InChI is InChI=1S/C55H33N5S/c1-3-15-34(16-4-1)53-56-54(35-17-5-2-6-18-35)58-55(57-53)45-31-32-49(38-20-8-7-19-37(38)45)60-48-26-14-11-23-41(48)43-29-30-44-42-28-27-36(33-50(42)61-52(44)51(43)60)59-46-24-12-9-21-39(46)40-22-10-13-25-47(40)59/h1-33H. The minimum absolute atomic E-state index is 0.642. The van der Waals surface area contributed by atoms with E-state index in [2.05, 4.69) is 173 Å². The Hall–Kier alpha value is -7.93. The number of aromatic nitrogens is 5. The first-order valence-electron chi connectivity index (χ1n) is 20.5. The Morgan fingerprint density at radius 1 is 0.344 bits per heavy atom. The van der Waals surface area contributed by atoms with E-state index in [-0.39, 0.29) is 0 Å². The molecule has 13 rings (SSSR count). The van der Waals surface area contributed by atoms with E-state index in [9.17, 15) is 0 Å². The van der Waals surface area contributed by atoms with E-state index < -0.39 is 0 Å². The zero-order chi connectivity index (χ0) is 40.0. The molecular formula is C55H33N5S. The Balaban J connectivity index is 1.05. The zero-order valence-electron chi connectivity index (χ0n) is 32.7. The second-order valence-electron chi connectivity index (χ2n) is 15.6. The largest absolute Gasteiger partial charge is 0.309 e. The van der Waals surface area contributed by atoms with Crippen molar-refractivity contribution in [2.45, 2.75) is 0 Å². The van der Waals surface area contributed by atoms with Crippen molar-refractivity contribution in [2.75, 3.05) is 0 Å². The maximum atomic E-state index is 5.14. The van der Waals surface area contributed by atoms with Crippen LogP contribution in [0.15, 0.2) is 200 Å². The molecule has 0 unspecified atom stereocenters. The number of fused-ring (bicyclic) bond motifs is 11. The lowest BCUT2D eigenvalue weighted by molar-refractivity contribution is 1.08. The van der Waals surface area contributed by atoms with Crippen LogP contribution in [0.4, 0.5) is 0 Å². The number of nitrogens with zero attached hydrogens (tertiary/aromatic N) is 5. The van der Waals surface area contributed by atoms with E-state index in [1.165, 1.54) is 69.5 Å². The number of para-hydroxylation sites is 3. The Labute approximate surface area is 354 Å². The topological polar surface area (TPSA) is 48.5 Å². The molecule has 0 fully saturated rings. The minimum Gasteiger partial charge on any atom is -0.309 e. The lowest BCUT2D eigenvalue weighted by Gasteiger charge is -2.15. The van der Waals surface area contributed by atoms with Crippen molar-refractivity contribution in [1.29, 1.82) is 0 Å². The molecule has 9 aromatic carbocycles. The third-order valence-corrected chi connectivity index (χ3v) is 13.4. The number of rotatable bonds is 5. The van der Waals surface area contributed by atoms with Gasteiger partial charge in [-0.3, -0.25) is 0 Å². The van der Waals surface area contributed by atoms with Gasteiger partial charge in [0.2, 0.25) is 0 Å². The summed E-state index contributed by atoms with van der Waals surface area (Å²) in [7, 11) is 0. The Morgan fingerprint density at radius 2 is 0.836 bits per heavy atom. The summed E-state index contributed by atoms with van der Waals surface area (Å²) in [5.74, 6) is 1.94. The highest BCUT2D eigenvalue weighted by atomic mass is 32.1. The minimum atomic E-state index is 0.642. The quantitative estimate of drug-likeness (QED) is 0.174. The Kier molecular flexibility index (Phi) is 7.41. The average molecular weight is 796 g/mol. The van der Waals surface area contributed by atoms with Gasteiger partial charge in [-0.25, -0.2) is 15.0 Å². The second kappa shape index (κ2) is 13.3. The molecule has 13 aromatic rings. The van der Waals surface area contributed by atoms with E-state index in [0.29, 0.717) is 17.5 Å². The predicted molar refractivity (Wildman–Crippen MR) is 255 cm³/mol. The average Bonchev–Trinajstić information content (AvgIpc) is 3.99. The predicted octanol–water partition coefficient (Wildman–Crippen LogP) is 14.6. The van der Waals surface area contributed by atoms with Crippen molar-refractivity contribution < 1.29 is 0 Å². The number of thiophene rings is 1. The van der Waals surface area contributed by atoms with E-state index in [4.69, 9.17) is 15.0 Å². The van der Waals surface area contributed by atoms with Gasteiger partial charge >= 0.3 is 0 Å². The Morgan fingerprint density at radius 3 is 1.48 bits per heavy atom. The molecule has 0 aliphatic heterocycles. The van der Waals surface area contributed by atoms with Crippen molar-refractivity contribution in [3.8, 4) is 45.5 Å². The molecule has 6 heteroatoms. The van der Waals surface area contributed by atoms with Gasteiger partial charge in [-0.15, -0.1) is 11.3 Å². The first kappa shape index (κ1) is 34.0. The first-order valence-corrected chi connectivity index (χ1v) is 21.3. The van der Waals surface area contributed by atoms with Gasteiger partial charge in [-0.05, 0) is 47.9 Å². The summed E-state index contributed by atoms with van der Waals surface area (Å²) in [5.41, 5.74) is 9.95. The first-order chi connectivity index (χ1) is 30.3. The maximum absolute atomic E-state index is 5.14. The van der Waals surface area contributed by atoms with Gasteiger partial charge in [-0.2, -0.15) is 0 Å². The van der Waals surface area contributed by atoms with Gasteiger partial charge < -0.3 is 9.13 Å². The summed E-state index contributed by atoms with van der Waals surface area (Å²) in [6.07, 6.45) is 0. The molecule has 0 spiro atoms. The van der Waals surface area contributed by atoms with Gasteiger partial charge in [0.25, 0.3) is 0 Å². The third kappa shape index (κ3) is 5.16. The van der Waals surface area contributed by atoms with Gasteiger partial charge in [-0.1, -0.05) is 158 Å². The molecule has 0 bridgehead atoms.